The van der Waals surface area contributed by atoms with Crippen molar-refractivity contribution >= 4 is 11.8 Å². The number of anilines is 1. The normalized spacial score (nSPS) is 21.3. The summed E-state index contributed by atoms with van der Waals surface area (Å²) in [4.78, 5) is 16.0. The Kier molecular flexibility index (Phi) is 4.36. The molecule has 142 valence electrons. The first-order valence-electron chi connectivity index (χ1n) is 10.1. The van der Waals surface area contributed by atoms with Crippen molar-refractivity contribution in [1.29, 1.82) is 0 Å². The van der Waals surface area contributed by atoms with E-state index >= 15 is 0 Å². The van der Waals surface area contributed by atoms with Crippen LogP contribution in [-0.4, -0.2) is 53.1 Å². The van der Waals surface area contributed by atoms with Gasteiger partial charge in [-0.1, -0.05) is 12.8 Å². The number of carbonyl (C=O) groups is 1. The molecule has 1 aromatic carbocycles. The van der Waals surface area contributed by atoms with E-state index in [0.29, 0.717) is 13.2 Å². The number of fused-ring (bicyclic) bond motifs is 1. The number of rotatable bonds is 3. The summed E-state index contributed by atoms with van der Waals surface area (Å²) in [5, 5.41) is 4.87. The van der Waals surface area contributed by atoms with Crippen molar-refractivity contribution in [3.05, 3.63) is 41.7 Å². The molecule has 1 saturated carbocycles. The van der Waals surface area contributed by atoms with Crippen LogP contribution in [0.4, 0.5) is 10.5 Å². The van der Waals surface area contributed by atoms with Crippen molar-refractivity contribution in [2.24, 2.45) is 0 Å². The number of aromatic nitrogens is 2. The van der Waals surface area contributed by atoms with Gasteiger partial charge >= 0.3 is 6.09 Å². The van der Waals surface area contributed by atoms with E-state index < -0.39 is 0 Å². The van der Waals surface area contributed by atoms with Gasteiger partial charge in [0.2, 0.25) is 0 Å². The topological polar surface area (TPSA) is 50.6 Å². The summed E-state index contributed by atoms with van der Waals surface area (Å²) < 4.78 is 7.00. The number of ether oxygens (including phenoxy) is 1. The molecular formula is C21H26N4O2. The van der Waals surface area contributed by atoms with Gasteiger partial charge in [-0.25, -0.2) is 9.48 Å². The summed E-state index contributed by atoms with van der Waals surface area (Å²) in [5.41, 5.74) is 4.53. The van der Waals surface area contributed by atoms with Crippen molar-refractivity contribution in [3.63, 3.8) is 0 Å². The van der Waals surface area contributed by atoms with Crippen LogP contribution in [0.15, 0.2) is 30.5 Å². The lowest BCUT2D eigenvalue weighted by molar-refractivity contribution is 0.181. The highest BCUT2D eigenvalue weighted by Crippen LogP contribution is 2.27. The zero-order valence-electron chi connectivity index (χ0n) is 15.6. The van der Waals surface area contributed by atoms with E-state index in [1.807, 2.05) is 28.9 Å². The Bertz CT molecular complexity index is 798. The quantitative estimate of drug-likeness (QED) is 0.837. The zero-order valence-corrected chi connectivity index (χ0v) is 15.6. The fraction of sp³-hybridized carbons (Fsp3) is 0.524. The molecule has 27 heavy (non-hydrogen) atoms. The highest BCUT2D eigenvalue weighted by Gasteiger charge is 2.26. The Morgan fingerprint density at radius 2 is 1.70 bits per heavy atom. The van der Waals surface area contributed by atoms with Crippen LogP contribution in [0.5, 0.6) is 0 Å². The molecule has 0 bridgehead atoms. The van der Waals surface area contributed by atoms with Gasteiger partial charge in [0.15, 0.2) is 0 Å². The van der Waals surface area contributed by atoms with E-state index in [-0.39, 0.29) is 6.09 Å². The Morgan fingerprint density at radius 1 is 0.963 bits per heavy atom. The molecule has 1 aliphatic carbocycles. The molecule has 2 aromatic rings. The minimum atomic E-state index is -0.264. The van der Waals surface area contributed by atoms with Gasteiger partial charge in [-0.15, -0.1) is 0 Å². The van der Waals surface area contributed by atoms with E-state index in [0.717, 1.165) is 43.3 Å². The van der Waals surface area contributed by atoms with Gasteiger partial charge in [0.25, 0.3) is 0 Å². The largest absolute Gasteiger partial charge is 0.447 e. The molecule has 3 heterocycles. The van der Waals surface area contributed by atoms with Crippen molar-refractivity contribution < 1.29 is 9.53 Å². The average Bonchev–Trinajstić information content (AvgIpc) is 3.42. The second-order valence-corrected chi connectivity index (χ2v) is 7.80. The minimum Gasteiger partial charge on any atom is -0.447 e. The summed E-state index contributed by atoms with van der Waals surface area (Å²) in [6.07, 6.45) is 9.57. The van der Waals surface area contributed by atoms with Crippen LogP contribution in [-0.2, 0) is 17.6 Å². The second kappa shape index (κ2) is 7.00. The first kappa shape index (κ1) is 16.8. The van der Waals surface area contributed by atoms with Crippen LogP contribution in [0.25, 0.3) is 5.69 Å². The van der Waals surface area contributed by atoms with Crippen LogP contribution in [0.1, 0.15) is 36.9 Å². The molecule has 5 rings (SSSR count). The molecule has 1 aromatic heterocycles. The van der Waals surface area contributed by atoms with Crippen molar-refractivity contribution in [1.82, 2.24) is 14.7 Å². The average molecular weight is 366 g/mol. The predicted molar refractivity (Wildman–Crippen MR) is 103 cm³/mol. The highest BCUT2D eigenvalue weighted by atomic mass is 16.6. The number of nitrogens with zero attached hydrogens (tertiary/aromatic N) is 4. The van der Waals surface area contributed by atoms with Crippen LogP contribution in [0.2, 0.25) is 0 Å². The molecule has 1 amide bonds. The maximum atomic E-state index is 11.7. The SMILES string of the molecule is O=C1OCCN1c1ccc(-n2cc3c(n2)CCN(C2CCCC2)CC3)cc1. The molecule has 0 atom stereocenters. The lowest BCUT2D eigenvalue weighted by Crippen LogP contribution is -2.35. The number of hydrogen-bond donors (Lipinski definition) is 0. The van der Waals surface area contributed by atoms with Gasteiger partial charge in [0.05, 0.1) is 17.9 Å². The summed E-state index contributed by atoms with van der Waals surface area (Å²) in [7, 11) is 0. The maximum Gasteiger partial charge on any atom is 0.414 e. The Morgan fingerprint density at radius 3 is 2.44 bits per heavy atom. The van der Waals surface area contributed by atoms with Gasteiger partial charge in [0, 0.05) is 37.4 Å². The summed E-state index contributed by atoms with van der Waals surface area (Å²) in [6, 6.07) is 8.79. The third-order valence-electron chi connectivity index (χ3n) is 6.21. The van der Waals surface area contributed by atoms with E-state index in [4.69, 9.17) is 9.84 Å². The van der Waals surface area contributed by atoms with Crippen LogP contribution < -0.4 is 4.90 Å². The molecular weight excluding hydrogens is 340 g/mol. The van der Waals surface area contributed by atoms with Crippen molar-refractivity contribution in [3.8, 4) is 5.69 Å². The van der Waals surface area contributed by atoms with Gasteiger partial charge in [-0.2, -0.15) is 5.10 Å². The minimum absolute atomic E-state index is 0.264. The monoisotopic (exact) mass is 366 g/mol. The standard InChI is InChI=1S/C21H26N4O2/c26-21-24(13-14-27-21)18-5-7-19(8-6-18)25-15-16-9-11-23(12-10-20(16)22-25)17-3-1-2-4-17/h5-8,15,17H,1-4,9-14H2. The fourth-order valence-corrected chi connectivity index (χ4v) is 4.67. The predicted octanol–water partition coefficient (Wildman–Crippen LogP) is 3.17. The van der Waals surface area contributed by atoms with E-state index in [2.05, 4.69) is 11.1 Å². The number of cyclic esters (lactones) is 1. The van der Waals surface area contributed by atoms with E-state index in [9.17, 15) is 4.79 Å². The molecule has 0 unspecified atom stereocenters. The first-order valence-corrected chi connectivity index (χ1v) is 10.1. The molecule has 1 saturated heterocycles. The second-order valence-electron chi connectivity index (χ2n) is 7.80. The highest BCUT2D eigenvalue weighted by molar-refractivity contribution is 5.89. The number of amides is 1. The summed E-state index contributed by atoms with van der Waals surface area (Å²) in [5.74, 6) is 0. The van der Waals surface area contributed by atoms with Crippen LogP contribution in [0, 0.1) is 0 Å². The molecule has 0 spiro atoms. The molecule has 2 fully saturated rings. The number of carbonyl (C=O) groups excluding carboxylic acids is 1. The zero-order chi connectivity index (χ0) is 18.2. The van der Waals surface area contributed by atoms with Gasteiger partial charge in [-0.3, -0.25) is 9.80 Å². The fourth-order valence-electron chi connectivity index (χ4n) is 4.67. The van der Waals surface area contributed by atoms with Gasteiger partial charge in [0.1, 0.15) is 6.61 Å². The molecule has 6 nitrogen and oxygen atoms in total. The Labute approximate surface area is 159 Å². The molecule has 2 aliphatic heterocycles. The Balaban J connectivity index is 1.30. The van der Waals surface area contributed by atoms with E-state index in [1.54, 1.807) is 4.90 Å². The van der Waals surface area contributed by atoms with Crippen LogP contribution in [0.3, 0.4) is 0 Å². The lowest BCUT2D eigenvalue weighted by atomic mass is 10.2. The summed E-state index contributed by atoms with van der Waals surface area (Å²) in [6.45, 7) is 3.36. The number of hydrogen-bond acceptors (Lipinski definition) is 4. The smallest absolute Gasteiger partial charge is 0.414 e. The third-order valence-corrected chi connectivity index (χ3v) is 6.21. The Hall–Kier alpha value is -2.34. The molecule has 6 heteroatoms. The lowest BCUT2D eigenvalue weighted by Gasteiger charge is -2.26. The van der Waals surface area contributed by atoms with Crippen LogP contribution >= 0.6 is 0 Å². The van der Waals surface area contributed by atoms with Gasteiger partial charge in [-0.05, 0) is 49.1 Å². The first-order chi connectivity index (χ1) is 13.3. The molecule has 0 N–H and O–H groups in total. The van der Waals surface area contributed by atoms with Crippen molar-refractivity contribution in [2.75, 3.05) is 31.1 Å². The number of benzene rings is 1. The van der Waals surface area contributed by atoms with Gasteiger partial charge < -0.3 is 4.74 Å². The molecule has 3 aliphatic rings. The molecule has 0 radical (unpaired) electrons. The third kappa shape index (κ3) is 3.23. The van der Waals surface area contributed by atoms with E-state index in [1.165, 1.54) is 36.9 Å². The summed E-state index contributed by atoms with van der Waals surface area (Å²) >= 11 is 0. The van der Waals surface area contributed by atoms with Crippen molar-refractivity contribution in [2.45, 2.75) is 44.6 Å². The maximum absolute atomic E-state index is 11.7.